The molecule has 0 spiro atoms. The van der Waals surface area contributed by atoms with Gasteiger partial charge in [-0.15, -0.1) is 0 Å². The highest BCUT2D eigenvalue weighted by Gasteiger charge is 2.16. The fourth-order valence-electron chi connectivity index (χ4n) is 2.21. The number of nitrogens with one attached hydrogen (secondary N) is 1. The van der Waals surface area contributed by atoms with Crippen LogP contribution >= 0.6 is 0 Å². The fourth-order valence-corrected chi connectivity index (χ4v) is 2.21. The number of carbonyl (C=O) groups excluding carboxylic acids is 1. The van der Waals surface area contributed by atoms with Gasteiger partial charge in [-0.05, 0) is 29.8 Å². The molecule has 2 rings (SSSR count). The minimum absolute atomic E-state index is 0.0214. The molecule has 8 heteroatoms. The van der Waals surface area contributed by atoms with Crippen molar-refractivity contribution in [1.29, 1.82) is 0 Å². The predicted molar refractivity (Wildman–Crippen MR) is 94.2 cm³/mol. The summed E-state index contributed by atoms with van der Waals surface area (Å²) in [6.45, 7) is 0. The van der Waals surface area contributed by atoms with Gasteiger partial charge >= 0.3 is 0 Å². The van der Waals surface area contributed by atoms with Crippen molar-refractivity contribution in [2.75, 3.05) is 19.5 Å². The molecule has 0 bridgehead atoms. The number of hydrogen-bond acceptors (Lipinski definition) is 7. The Morgan fingerprint density at radius 2 is 1.69 bits per heavy atom. The third-order valence-corrected chi connectivity index (χ3v) is 3.52. The summed E-state index contributed by atoms with van der Waals surface area (Å²) in [5, 5.41) is 40.5. The smallest absolute Gasteiger partial charge is 0.248 e. The highest BCUT2D eigenvalue weighted by atomic mass is 16.5. The number of rotatable bonds is 6. The Morgan fingerprint density at radius 1 is 1.04 bits per heavy atom. The quantitative estimate of drug-likeness (QED) is 0.301. The predicted octanol–water partition coefficient (Wildman–Crippen LogP) is 1.75. The van der Waals surface area contributed by atoms with E-state index in [9.17, 15) is 25.2 Å². The zero-order valence-corrected chi connectivity index (χ0v) is 14.1. The number of benzene rings is 2. The van der Waals surface area contributed by atoms with Crippen molar-refractivity contribution >= 4 is 17.7 Å². The van der Waals surface area contributed by atoms with Crippen molar-refractivity contribution in [3.05, 3.63) is 47.5 Å². The van der Waals surface area contributed by atoms with Crippen LogP contribution in [-0.4, -0.2) is 40.6 Å². The molecule has 8 nitrogen and oxygen atoms in total. The fraction of sp³-hybridized carbons (Fsp3) is 0.167. The van der Waals surface area contributed by atoms with Crippen LogP contribution in [0.2, 0.25) is 0 Å². The van der Waals surface area contributed by atoms with Gasteiger partial charge in [-0.2, -0.15) is 0 Å². The molecule has 0 aromatic heterocycles. The molecule has 0 saturated heterocycles. The van der Waals surface area contributed by atoms with E-state index < -0.39 is 12.2 Å². The van der Waals surface area contributed by atoms with Gasteiger partial charge in [0.25, 0.3) is 0 Å². The second-order valence-electron chi connectivity index (χ2n) is 5.24. The van der Waals surface area contributed by atoms with Crippen LogP contribution in [-0.2, 0) is 4.79 Å². The van der Waals surface area contributed by atoms with Crippen LogP contribution in [0.3, 0.4) is 0 Å². The van der Waals surface area contributed by atoms with E-state index in [-0.39, 0.29) is 34.2 Å². The molecular weight excluding hydrogens is 342 g/mol. The normalized spacial score (nSPS) is 11.0. The van der Waals surface area contributed by atoms with Gasteiger partial charge < -0.3 is 35.2 Å². The maximum atomic E-state index is 12.1. The molecule has 2 aromatic rings. The van der Waals surface area contributed by atoms with Crippen molar-refractivity contribution in [3.63, 3.8) is 0 Å². The zero-order chi connectivity index (χ0) is 19.3. The van der Waals surface area contributed by atoms with Crippen molar-refractivity contribution in [2.45, 2.75) is 6.29 Å². The van der Waals surface area contributed by atoms with E-state index in [1.54, 1.807) is 12.1 Å². The van der Waals surface area contributed by atoms with Gasteiger partial charge in [0, 0.05) is 17.7 Å². The lowest BCUT2D eigenvalue weighted by atomic mass is 10.1. The second-order valence-corrected chi connectivity index (χ2v) is 5.24. The maximum absolute atomic E-state index is 12.1. The summed E-state index contributed by atoms with van der Waals surface area (Å²) in [7, 11) is 2.74. The SMILES string of the molecule is COc1cc(/C=C/C(=O)Nc2cc(OC)c(O)cc2C(O)O)ccc1O. The van der Waals surface area contributed by atoms with Gasteiger partial charge in [0.1, 0.15) is 0 Å². The summed E-state index contributed by atoms with van der Waals surface area (Å²) in [6, 6.07) is 6.94. The number of ether oxygens (including phenoxy) is 2. The Morgan fingerprint density at radius 3 is 2.31 bits per heavy atom. The molecule has 0 atom stereocenters. The molecule has 0 heterocycles. The Kier molecular flexibility index (Phi) is 6.05. The Balaban J connectivity index is 2.22. The summed E-state index contributed by atoms with van der Waals surface area (Å²) < 4.78 is 9.94. The van der Waals surface area contributed by atoms with E-state index in [1.165, 1.54) is 38.5 Å². The van der Waals surface area contributed by atoms with Crippen LogP contribution in [0.15, 0.2) is 36.4 Å². The summed E-state index contributed by atoms with van der Waals surface area (Å²) in [4.78, 5) is 12.1. The van der Waals surface area contributed by atoms with E-state index in [0.29, 0.717) is 5.56 Å². The molecule has 0 aliphatic carbocycles. The standard InChI is InChI=1S/C18H19NO7/c1-25-15-7-10(3-5-13(15)20)4-6-17(22)19-12-9-16(26-2)14(21)8-11(12)18(23)24/h3-9,18,20-21,23-24H,1-2H3,(H,19,22)/b6-4+. The van der Waals surface area contributed by atoms with Crippen LogP contribution in [0, 0.1) is 0 Å². The summed E-state index contributed by atoms with van der Waals surface area (Å²) >= 11 is 0. The third-order valence-electron chi connectivity index (χ3n) is 3.52. The lowest BCUT2D eigenvalue weighted by Crippen LogP contribution is -2.11. The first kappa shape index (κ1) is 19.1. The molecule has 1 amide bonds. The van der Waals surface area contributed by atoms with Crippen LogP contribution in [0.1, 0.15) is 17.4 Å². The Bertz CT molecular complexity index is 831. The number of aliphatic hydroxyl groups is 2. The van der Waals surface area contributed by atoms with E-state index in [4.69, 9.17) is 9.47 Å². The number of carbonyl (C=O) groups is 1. The largest absolute Gasteiger partial charge is 0.504 e. The number of anilines is 1. The monoisotopic (exact) mass is 361 g/mol. The van der Waals surface area contributed by atoms with Crippen LogP contribution in [0.5, 0.6) is 23.0 Å². The molecule has 26 heavy (non-hydrogen) atoms. The topological polar surface area (TPSA) is 128 Å². The molecule has 0 aliphatic heterocycles. The molecule has 0 fully saturated rings. The molecule has 0 saturated carbocycles. The van der Waals surface area contributed by atoms with Gasteiger partial charge in [-0.25, -0.2) is 0 Å². The maximum Gasteiger partial charge on any atom is 0.248 e. The van der Waals surface area contributed by atoms with E-state index in [0.717, 1.165) is 6.07 Å². The Labute approximate surface area is 149 Å². The average molecular weight is 361 g/mol. The van der Waals surface area contributed by atoms with Crippen LogP contribution < -0.4 is 14.8 Å². The summed E-state index contributed by atoms with van der Waals surface area (Å²) in [5.74, 6) is -0.530. The lowest BCUT2D eigenvalue weighted by Gasteiger charge is -2.14. The molecule has 0 aliphatic rings. The summed E-state index contributed by atoms with van der Waals surface area (Å²) in [5.41, 5.74) is 0.601. The van der Waals surface area contributed by atoms with E-state index >= 15 is 0 Å². The van der Waals surface area contributed by atoms with Crippen molar-refractivity contribution in [3.8, 4) is 23.0 Å². The second kappa shape index (κ2) is 8.24. The van der Waals surface area contributed by atoms with Crippen molar-refractivity contribution in [1.82, 2.24) is 0 Å². The van der Waals surface area contributed by atoms with E-state index in [2.05, 4.69) is 5.32 Å². The van der Waals surface area contributed by atoms with Gasteiger partial charge in [-0.1, -0.05) is 6.07 Å². The highest BCUT2D eigenvalue weighted by Crippen LogP contribution is 2.35. The third kappa shape index (κ3) is 4.44. The van der Waals surface area contributed by atoms with Crippen molar-refractivity contribution in [2.24, 2.45) is 0 Å². The first-order chi connectivity index (χ1) is 12.3. The van der Waals surface area contributed by atoms with E-state index in [1.807, 2.05) is 0 Å². The van der Waals surface area contributed by atoms with Crippen molar-refractivity contribution < 1.29 is 34.7 Å². The van der Waals surface area contributed by atoms with Crippen LogP contribution in [0.25, 0.3) is 6.08 Å². The first-order valence-electron chi connectivity index (χ1n) is 7.48. The minimum atomic E-state index is -1.90. The molecule has 0 radical (unpaired) electrons. The minimum Gasteiger partial charge on any atom is -0.504 e. The zero-order valence-electron chi connectivity index (χ0n) is 14.1. The highest BCUT2D eigenvalue weighted by molar-refractivity contribution is 6.02. The number of hydrogen-bond donors (Lipinski definition) is 5. The number of aliphatic hydroxyl groups excluding tert-OH is 1. The van der Waals surface area contributed by atoms with Gasteiger partial charge in [0.05, 0.1) is 19.9 Å². The number of amides is 1. The molecule has 0 unspecified atom stereocenters. The number of phenolic OH excluding ortho intramolecular Hbond substituents is 2. The number of aromatic hydroxyl groups is 2. The molecule has 2 aromatic carbocycles. The number of phenols is 2. The Hall–Kier alpha value is -3.23. The average Bonchev–Trinajstić information content (AvgIpc) is 2.61. The molecular formula is C18H19NO7. The molecule has 5 N–H and O–H groups in total. The molecule has 138 valence electrons. The number of methoxy groups -OCH3 is 2. The van der Waals surface area contributed by atoms with Gasteiger partial charge in [0.15, 0.2) is 29.3 Å². The summed E-state index contributed by atoms with van der Waals surface area (Å²) in [6.07, 6.45) is 0.815. The lowest BCUT2D eigenvalue weighted by molar-refractivity contribution is -0.111. The van der Waals surface area contributed by atoms with Gasteiger partial charge in [-0.3, -0.25) is 4.79 Å². The van der Waals surface area contributed by atoms with Crippen LogP contribution in [0.4, 0.5) is 5.69 Å². The van der Waals surface area contributed by atoms with Gasteiger partial charge in [0.2, 0.25) is 5.91 Å². The first-order valence-corrected chi connectivity index (χ1v) is 7.48.